The number of hydrogen-bond donors (Lipinski definition) is 0. The molecule has 1 aliphatic rings. The van der Waals surface area contributed by atoms with Crippen LogP contribution < -0.4 is 20.7 Å². The zero-order chi connectivity index (χ0) is 28.4. The maximum absolute atomic E-state index is 14.4. The lowest BCUT2D eigenvalue weighted by molar-refractivity contribution is 0.0500. The summed E-state index contributed by atoms with van der Waals surface area (Å²) in [6.45, 7) is 0.314. The van der Waals surface area contributed by atoms with E-state index in [0.29, 0.717) is 25.6 Å². The van der Waals surface area contributed by atoms with Crippen LogP contribution in [-0.4, -0.2) is 38.6 Å². The van der Waals surface area contributed by atoms with Crippen LogP contribution in [-0.2, 0) is 4.74 Å². The lowest BCUT2D eigenvalue weighted by atomic mass is 10.2. The molecule has 0 aliphatic carbocycles. The minimum Gasteiger partial charge on any atom is -0.471 e. The highest BCUT2D eigenvalue weighted by Crippen LogP contribution is 2.29. The lowest BCUT2D eigenvalue weighted by Crippen LogP contribution is -2.46. The Hall–Kier alpha value is -4.88. The third-order valence-electron chi connectivity index (χ3n) is 5.81. The van der Waals surface area contributed by atoms with E-state index in [4.69, 9.17) is 30.2 Å². The van der Waals surface area contributed by atoms with Gasteiger partial charge in [-0.25, -0.2) is 19.4 Å². The molecule has 1 saturated heterocycles. The molecule has 204 valence electrons. The summed E-state index contributed by atoms with van der Waals surface area (Å²) in [5.41, 5.74) is -3.50. The molecule has 3 aromatic heterocycles. The summed E-state index contributed by atoms with van der Waals surface area (Å²) < 4.78 is 36.0. The Morgan fingerprint density at radius 3 is 2.52 bits per heavy atom. The van der Waals surface area contributed by atoms with Gasteiger partial charge in [-0.05, 0) is 25.0 Å². The Bertz CT molecular complexity index is 1740. The van der Waals surface area contributed by atoms with Crippen molar-refractivity contribution in [1.29, 1.82) is 0 Å². The smallest absolute Gasteiger partial charge is 0.347 e. The molecule has 14 heteroatoms. The molecule has 0 spiro atoms. The van der Waals surface area contributed by atoms with Crippen LogP contribution in [0.2, 0.25) is 5.02 Å². The number of benzene rings is 1. The van der Waals surface area contributed by atoms with Crippen LogP contribution in [0.3, 0.4) is 0 Å². The van der Waals surface area contributed by atoms with Crippen LogP contribution in [0.1, 0.15) is 50.1 Å². The lowest BCUT2D eigenvalue weighted by Gasteiger charge is -2.15. The molecule has 1 atom stereocenters. The third-order valence-corrected chi connectivity index (χ3v) is 6.09. The first-order valence-electron chi connectivity index (χ1n) is 11.7. The highest BCUT2D eigenvalue weighted by molar-refractivity contribution is 6.32. The fourth-order valence-corrected chi connectivity index (χ4v) is 4.01. The van der Waals surface area contributed by atoms with E-state index in [9.17, 15) is 28.4 Å². The maximum Gasteiger partial charge on any atom is 0.347 e. The molecule has 12 nitrogen and oxygen atoms in total. The molecule has 5 rings (SSSR count). The van der Waals surface area contributed by atoms with E-state index in [0.717, 1.165) is 29.4 Å². The molecule has 0 amide bonds. The molecule has 0 N–H and O–H groups in total. The van der Waals surface area contributed by atoms with E-state index >= 15 is 0 Å². The number of hydrogen-bond acceptors (Lipinski definition) is 10. The fraction of sp³-hybridized carbons (Fsp3) is 0.154. The summed E-state index contributed by atoms with van der Waals surface area (Å²) >= 11 is 6.08. The first-order valence-corrected chi connectivity index (χ1v) is 12.0. The maximum atomic E-state index is 14.4. The van der Waals surface area contributed by atoms with Crippen molar-refractivity contribution < 1.29 is 37.4 Å². The van der Waals surface area contributed by atoms with Gasteiger partial charge in [-0.2, -0.15) is 8.96 Å². The molecule has 1 aromatic carbocycles. The summed E-state index contributed by atoms with van der Waals surface area (Å²) in [6, 6.07) is 9.11. The zero-order valence-electron chi connectivity index (χ0n) is 20.2. The summed E-state index contributed by atoms with van der Waals surface area (Å²) in [7, 11) is 0. The van der Waals surface area contributed by atoms with Gasteiger partial charge in [-0.3, -0.25) is 14.2 Å². The van der Waals surface area contributed by atoms with Crippen molar-refractivity contribution in [3.63, 3.8) is 0 Å². The molecule has 1 unspecified atom stereocenters. The van der Waals surface area contributed by atoms with Gasteiger partial charge in [0.15, 0.2) is 5.75 Å². The van der Waals surface area contributed by atoms with Crippen molar-refractivity contribution in [2.45, 2.75) is 19.1 Å². The number of halogens is 2. The number of aromatic nitrogens is 3. The Balaban J connectivity index is 1.41. The van der Waals surface area contributed by atoms with Crippen LogP contribution >= 0.6 is 11.6 Å². The molecular formula is C26H17ClFN3O9. The zero-order valence-corrected chi connectivity index (χ0v) is 21.0. The van der Waals surface area contributed by atoms with E-state index < -0.39 is 52.3 Å². The second-order valence-corrected chi connectivity index (χ2v) is 8.78. The van der Waals surface area contributed by atoms with Crippen molar-refractivity contribution in [1.82, 2.24) is 14.1 Å². The number of rotatable bonds is 6. The fourth-order valence-electron chi connectivity index (χ4n) is 3.87. The number of nitrogens with zero attached hydrogens (tertiary/aromatic N) is 3. The summed E-state index contributed by atoms with van der Waals surface area (Å²) in [5.74, 6) is -5.16. The van der Waals surface area contributed by atoms with Crippen molar-refractivity contribution in [2.75, 3.05) is 6.61 Å². The van der Waals surface area contributed by atoms with Gasteiger partial charge in [0.2, 0.25) is 11.7 Å². The number of carbonyl (C=O) groups is 3. The van der Waals surface area contributed by atoms with Crippen LogP contribution in [0.25, 0.3) is 0 Å². The van der Waals surface area contributed by atoms with Crippen molar-refractivity contribution in [3.05, 3.63) is 110 Å². The summed E-state index contributed by atoms with van der Waals surface area (Å²) in [6.07, 6.45) is 3.46. The first kappa shape index (κ1) is 26.7. The minimum absolute atomic E-state index is 0.0409. The van der Waals surface area contributed by atoms with Crippen molar-refractivity contribution in [2.24, 2.45) is 0 Å². The number of carbonyl (C=O) groups excluding carboxylic acids is 3. The standard InChI is InChI=1S/C26H17ClFN3O9/c27-17-10-29-20(40-24(34)14-5-2-1-3-6-14)9-19(17)39-25(35)16-13-37-12-15(16)22(32)31-23(33)18(28)11-30(26(31)36)21-7-4-8-38-21/h1-3,5-6,9-13,21H,4,7-8H2. The Labute approximate surface area is 228 Å². The predicted octanol–water partition coefficient (Wildman–Crippen LogP) is 3.23. The first-order chi connectivity index (χ1) is 19.2. The van der Waals surface area contributed by atoms with Crippen LogP contribution in [0.5, 0.6) is 11.6 Å². The van der Waals surface area contributed by atoms with Crippen LogP contribution in [0, 0.1) is 5.82 Å². The van der Waals surface area contributed by atoms with Crippen molar-refractivity contribution in [3.8, 4) is 11.6 Å². The average molecular weight is 570 g/mol. The molecule has 0 saturated carbocycles. The van der Waals surface area contributed by atoms with Gasteiger partial charge in [0.25, 0.3) is 11.5 Å². The number of pyridine rings is 1. The van der Waals surface area contributed by atoms with E-state index in [1.807, 2.05) is 0 Å². The number of ether oxygens (including phenoxy) is 3. The summed E-state index contributed by atoms with van der Waals surface area (Å²) in [5, 5.41) is -0.148. The number of furan rings is 1. The highest BCUT2D eigenvalue weighted by Gasteiger charge is 2.29. The van der Waals surface area contributed by atoms with Gasteiger partial charge in [0.1, 0.15) is 29.3 Å². The van der Waals surface area contributed by atoms with E-state index in [-0.39, 0.29) is 26.8 Å². The second-order valence-electron chi connectivity index (χ2n) is 8.38. The SMILES string of the molecule is O=C(Oc1cc(OC(=O)c2cocc2C(=O)n2c(=O)c(F)cn(C3CCCO3)c2=O)c(Cl)cn1)c1ccccc1. The van der Waals surface area contributed by atoms with Gasteiger partial charge >= 0.3 is 17.6 Å². The van der Waals surface area contributed by atoms with Gasteiger partial charge < -0.3 is 18.6 Å². The van der Waals surface area contributed by atoms with Gasteiger partial charge in [0, 0.05) is 12.7 Å². The Morgan fingerprint density at radius 1 is 1.05 bits per heavy atom. The average Bonchev–Trinajstić information content (AvgIpc) is 3.66. The monoisotopic (exact) mass is 569 g/mol. The van der Waals surface area contributed by atoms with E-state index in [2.05, 4.69) is 4.98 Å². The van der Waals surface area contributed by atoms with E-state index in [1.165, 1.54) is 12.1 Å². The van der Waals surface area contributed by atoms with Gasteiger partial charge in [0.05, 0.1) is 23.5 Å². The largest absolute Gasteiger partial charge is 0.471 e. The molecular weight excluding hydrogens is 553 g/mol. The normalized spacial score (nSPS) is 14.6. The van der Waals surface area contributed by atoms with E-state index in [1.54, 1.807) is 18.2 Å². The topological polar surface area (TPSA) is 149 Å². The van der Waals surface area contributed by atoms with Crippen LogP contribution in [0.4, 0.5) is 4.39 Å². The molecule has 4 heterocycles. The Morgan fingerprint density at radius 2 is 1.80 bits per heavy atom. The second kappa shape index (κ2) is 11.1. The third kappa shape index (κ3) is 5.19. The number of esters is 2. The quantitative estimate of drug-likeness (QED) is 0.317. The van der Waals surface area contributed by atoms with Gasteiger partial charge in [-0.1, -0.05) is 29.8 Å². The predicted molar refractivity (Wildman–Crippen MR) is 133 cm³/mol. The Kier molecular flexibility index (Phi) is 7.40. The van der Waals surface area contributed by atoms with Crippen molar-refractivity contribution >= 4 is 29.4 Å². The summed E-state index contributed by atoms with van der Waals surface area (Å²) in [4.78, 5) is 67.8. The molecule has 0 bridgehead atoms. The molecule has 1 fully saturated rings. The van der Waals surface area contributed by atoms with Gasteiger partial charge in [-0.15, -0.1) is 0 Å². The molecule has 40 heavy (non-hydrogen) atoms. The molecule has 1 aliphatic heterocycles. The van der Waals surface area contributed by atoms with Crippen LogP contribution in [0.15, 0.2) is 75.3 Å². The highest BCUT2D eigenvalue weighted by atomic mass is 35.5. The molecule has 4 aromatic rings. The molecule has 0 radical (unpaired) electrons. The minimum atomic E-state index is -1.52.